The molecule has 0 bridgehead atoms. The number of aromatic nitrogens is 1. The molecule has 1 aliphatic carbocycles. The van der Waals surface area contributed by atoms with Crippen LogP contribution >= 0.6 is 11.3 Å². The van der Waals surface area contributed by atoms with Crippen LogP contribution in [0.1, 0.15) is 34.3 Å². The molecule has 0 aliphatic heterocycles. The Hall–Kier alpha value is -1.88. The van der Waals surface area contributed by atoms with Crippen LogP contribution < -0.4 is 10.1 Å². The zero-order valence-corrected chi connectivity index (χ0v) is 12.1. The maximum Gasteiger partial charge on any atom is 0.257 e. The van der Waals surface area contributed by atoms with E-state index in [9.17, 15) is 4.79 Å². The number of rotatable bonds is 4. The topological polar surface area (TPSA) is 51.2 Å². The lowest BCUT2D eigenvalue weighted by Crippen LogP contribution is -2.11. The van der Waals surface area contributed by atoms with E-state index in [1.54, 1.807) is 35.6 Å². The number of nitrogens with zero attached hydrogens (tertiary/aromatic N) is 1. The van der Waals surface area contributed by atoms with Crippen molar-refractivity contribution in [3.8, 4) is 5.75 Å². The molecule has 1 heterocycles. The van der Waals surface area contributed by atoms with E-state index in [1.807, 2.05) is 6.92 Å². The van der Waals surface area contributed by atoms with E-state index in [0.29, 0.717) is 17.3 Å². The van der Waals surface area contributed by atoms with Gasteiger partial charge in [-0.05, 0) is 50.5 Å². The van der Waals surface area contributed by atoms with Gasteiger partial charge in [-0.15, -0.1) is 11.3 Å². The molecular formula is C15H16N2O2S. The van der Waals surface area contributed by atoms with Gasteiger partial charge in [0.05, 0.1) is 12.3 Å². The highest BCUT2D eigenvalue weighted by Gasteiger charge is 2.18. The van der Waals surface area contributed by atoms with Gasteiger partial charge >= 0.3 is 0 Å². The van der Waals surface area contributed by atoms with Gasteiger partial charge in [0.2, 0.25) is 0 Å². The summed E-state index contributed by atoms with van der Waals surface area (Å²) in [5.41, 5.74) is 1.76. The molecule has 0 spiro atoms. The maximum absolute atomic E-state index is 12.1. The number of carbonyl (C=O) groups is 1. The Labute approximate surface area is 121 Å². The third-order valence-electron chi connectivity index (χ3n) is 3.24. The Kier molecular flexibility index (Phi) is 3.69. The fourth-order valence-electron chi connectivity index (χ4n) is 2.28. The second-order valence-corrected chi connectivity index (χ2v) is 5.74. The van der Waals surface area contributed by atoms with E-state index in [1.165, 1.54) is 11.3 Å². The normalized spacial score (nSPS) is 13.1. The van der Waals surface area contributed by atoms with Crippen molar-refractivity contribution < 1.29 is 9.53 Å². The van der Waals surface area contributed by atoms with Crippen molar-refractivity contribution in [2.75, 3.05) is 11.9 Å². The van der Waals surface area contributed by atoms with Crippen molar-refractivity contribution in [3.05, 3.63) is 40.4 Å². The van der Waals surface area contributed by atoms with Crippen LogP contribution in [0.2, 0.25) is 0 Å². The Bertz CT molecular complexity index is 598. The number of nitrogens with one attached hydrogen (secondary N) is 1. The molecule has 1 aromatic heterocycles. The lowest BCUT2D eigenvalue weighted by Gasteiger charge is -2.05. The lowest BCUT2D eigenvalue weighted by atomic mass is 10.2. The van der Waals surface area contributed by atoms with Gasteiger partial charge in [-0.1, -0.05) is 0 Å². The number of benzene rings is 1. The number of aryl methyl sites for hydroxylation is 2. The summed E-state index contributed by atoms with van der Waals surface area (Å²) in [6, 6.07) is 7.14. The van der Waals surface area contributed by atoms with Crippen LogP contribution in [0.15, 0.2) is 24.3 Å². The average Bonchev–Trinajstić information content (AvgIpc) is 3.01. The number of ether oxygens (including phenoxy) is 1. The number of hydrogen-bond donors (Lipinski definition) is 1. The number of thiazole rings is 1. The van der Waals surface area contributed by atoms with Gasteiger partial charge in [0.25, 0.3) is 5.91 Å². The second-order valence-electron chi connectivity index (χ2n) is 4.65. The molecule has 1 N–H and O–H groups in total. The van der Waals surface area contributed by atoms with Crippen molar-refractivity contribution in [1.29, 1.82) is 0 Å². The molecule has 20 heavy (non-hydrogen) atoms. The van der Waals surface area contributed by atoms with Crippen LogP contribution in [0, 0.1) is 0 Å². The minimum Gasteiger partial charge on any atom is -0.494 e. The number of fused-ring (bicyclic) bond motifs is 1. The van der Waals surface area contributed by atoms with Gasteiger partial charge in [-0.25, -0.2) is 4.98 Å². The highest BCUT2D eigenvalue weighted by Crippen LogP contribution is 2.30. The zero-order valence-electron chi connectivity index (χ0n) is 11.3. The first kappa shape index (κ1) is 13.1. The minimum absolute atomic E-state index is 0.125. The minimum atomic E-state index is -0.125. The van der Waals surface area contributed by atoms with Crippen LogP contribution in [0.3, 0.4) is 0 Å². The number of amides is 1. The SMILES string of the molecule is CCOc1ccc(C(=O)Nc2nc3c(s2)CCC3)cc1. The Morgan fingerprint density at radius 2 is 2.15 bits per heavy atom. The largest absolute Gasteiger partial charge is 0.494 e. The molecule has 1 aromatic carbocycles. The first-order chi connectivity index (χ1) is 9.76. The van der Waals surface area contributed by atoms with Gasteiger partial charge in [-0.2, -0.15) is 0 Å². The molecule has 3 rings (SSSR count). The van der Waals surface area contributed by atoms with E-state index < -0.39 is 0 Å². The highest BCUT2D eigenvalue weighted by molar-refractivity contribution is 7.15. The molecule has 0 radical (unpaired) electrons. The molecule has 5 heteroatoms. The molecule has 0 unspecified atom stereocenters. The predicted molar refractivity (Wildman–Crippen MR) is 79.7 cm³/mol. The van der Waals surface area contributed by atoms with Crippen LogP contribution in [-0.2, 0) is 12.8 Å². The quantitative estimate of drug-likeness (QED) is 0.939. The number of carbonyl (C=O) groups excluding carboxylic acids is 1. The molecule has 4 nitrogen and oxygen atoms in total. The molecule has 2 aromatic rings. The fourth-order valence-corrected chi connectivity index (χ4v) is 3.33. The van der Waals surface area contributed by atoms with Crippen LogP contribution in [0.4, 0.5) is 5.13 Å². The first-order valence-electron chi connectivity index (χ1n) is 6.79. The summed E-state index contributed by atoms with van der Waals surface area (Å²) in [4.78, 5) is 17.9. The predicted octanol–water partition coefficient (Wildman–Crippen LogP) is 3.28. The third kappa shape index (κ3) is 2.67. The first-order valence-corrected chi connectivity index (χ1v) is 7.60. The molecule has 0 saturated heterocycles. The van der Waals surface area contributed by atoms with Crippen LogP contribution in [0.5, 0.6) is 5.75 Å². The van der Waals surface area contributed by atoms with E-state index in [0.717, 1.165) is 24.3 Å². The van der Waals surface area contributed by atoms with Gasteiger partial charge in [0, 0.05) is 10.4 Å². The van der Waals surface area contributed by atoms with Gasteiger partial charge in [0.15, 0.2) is 5.13 Å². The van der Waals surface area contributed by atoms with Crippen LogP contribution in [0.25, 0.3) is 0 Å². The van der Waals surface area contributed by atoms with E-state index >= 15 is 0 Å². The molecule has 0 fully saturated rings. The molecule has 0 atom stereocenters. The monoisotopic (exact) mass is 288 g/mol. The van der Waals surface area contributed by atoms with Crippen molar-refractivity contribution in [1.82, 2.24) is 4.98 Å². The molecule has 0 saturated carbocycles. The van der Waals surface area contributed by atoms with Gasteiger partial charge in [0.1, 0.15) is 5.75 Å². The average molecular weight is 288 g/mol. The lowest BCUT2D eigenvalue weighted by molar-refractivity contribution is 0.102. The summed E-state index contributed by atoms with van der Waals surface area (Å²) >= 11 is 1.59. The molecular weight excluding hydrogens is 272 g/mol. The summed E-state index contributed by atoms with van der Waals surface area (Å²) in [5.74, 6) is 0.651. The zero-order chi connectivity index (χ0) is 13.9. The van der Waals surface area contributed by atoms with E-state index in [-0.39, 0.29) is 5.91 Å². The van der Waals surface area contributed by atoms with Crippen molar-refractivity contribution in [2.45, 2.75) is 26.2 Å². The summed E-state index contributed by atoms with van der Waals surface area (Å²) in [7, 11) is 0. The van der Waals surface area contributed by atoms with Crippen molar-refractivity contribution in [3.63, 3.8) is 0 Å². The Morgan fingerprint density at radius 3 is 2.85 bits per heavy atom. The molecule has 1 aliphatic rings. The number of hydrogen-bond acceptors (Lipinski definition) is 4. The number of anilines is 1. The van der Waals surface area contributed by atoms with Crippen LogP contribution in [-0.4, -0.2) is 17.5 Å². The van der Waals surface area contributed by atoms with Crippen molar-refractivity contribution >= 4 is 22.4 Å². The summed E-state index contributed by atoms with van der Waals surface area (Å²) in [6.07, 6.45) is 3.30. The van der Waals surface area contributed by atoms with E-state index in [2.05, 4.69) is 10.3 Å². The maximum atomic E-state index is 12.1. The summed E-state index contributed by atoms with van der Waals surface area (Å²) < 4.78 is 5.36. The Balaban J connectivity index is 1.68. The standard InChI is InChI=1S/C15H16N2O2S/c1-2-19-11-8-6-10(7-9-11)14(18)17-15-16-12-4-3-5-13(12)20-15/h6-9H,2-5H2,1H3,(H,16,17,18). The van der Waals surface area contributed by atoms with Gasteiger partial charge in [-0.3, -0.25) is 10.1 Å². The van der Waals surface area contributed by atoms with Crippen molar-refractivity contribution in [2.24, 2.45) is 0 Å². The second kappa shape index (κ2) is 5.63. The highest BCUT2D eigenvalue weighted by atomic mass is 32.1. The fraction of sp³-hybridized carbons (Fsp3) is 0.333. The third-order valence-corrected chi connectivity index (χ3v) is 4.32. The molecule has 1 amide bonds. The molecule has 104 valence electrons. The van der Waals surface area contributed by atoms with E-state index in [4.69, 9.17) is 4.74 Å². The summed E-state index contributed by atoms with van der Waals surface area (Å²) in [6.45, 7) is 2.55. The smallest absolute Gasteiger partial charge is 0.257 e. The van der Waals surface area contributed by atoms with Gasteiger partial charge < -0.3 is 4.74 Å². The Morgan fingerprint density at radius 1 is 1.35 bits per heavy atom. The summed E-state index contributed by atoms with van der Waals surface area (Å²) in [5, 5.41) is 3.57.